The molecule has 2 nitrogen and oxygen atoms in total. The Labute approximate surface area is 95.4 Å². The fourth-order valence-electron chi connectivity index (χ4n) is 2.55. The summed E-state index contributed by atoms with van der Waals surface area (Å²) >= 11 is 0. The second kappa shape index (κ2) is 7.24. The maximum absolute atomic E-state index is 3.43. The minimum atomic E-state index is 0.817. The van der Waals surface area contributed by atoms with Crippen molar-refractivity contribution >= 4 is 0 Å². The van der Waals surface area contributed by atoms with Gasteiger partial charge in [0, 0.05) is 13.1 Å². The largest absolute Gasteiger partial charge is 0.317 e. The van der Waals surface area contributed by atoms with E-state index in [-0.39, 0.29) is 0 Å². The van der Waals surface area contributed by atoms with Crippen molar-refractivity contribution in [2.75, 3.05) is 32.7 Å². The SMILES string of the molecule is CCNCCC1CCCN(CC(C)C)C1. The molecule has 90 valence electrons. The maximum Gasteiger partial charge on any atom is 0.00103 e. The molecular formula is C13H28N2. The van der Waals surface area contributed by atoms with Crippen molar-refractivity contribution in [3.63, 3.8) is 0 Å². The molecule has 1 unspecified atom stereocenters. The van der Waals surface area contributed by atoms with Gasteiger partial charge in [-0.05, 0) is 50.7 Å². The number of likely N-dealkylation sites (tertiary alicyclic amines) is 1. The Morgan fingerprint density at radius 3 is 2.87 bits per heavy atom. The van der Waals surface area contributed by atoms with Gasteiger partial charge in [0.2, 0.25) is 0 Å². The van der Waals surface area contributed by atoms with E-state index >= 15 is 0 Å². The van der Waals surface area contributed by atoms with Crippen molar-refractivity contribution < 1.29 is 0 Å². The number of rotatable bonds is 6. The smallest absolute Gasteiger partial charge is 0.00103 e. The van der Waals surface area contributed by atoms with Crippen LogP contribution in [-0.2, 0) is 0 Å². The number of hydrogen-bond acceptors (Lipinski definition) is 2. The number of hydrogen-bond donors (Lipinski definition) is 1. The summed E-state index contributed by atoms with van der Waals surface area (Å²) in [6, 6.07) is 0. The zero-order chi connectivity index (χ0) is 11.1. The van der Waals surface area contributed by atoms with Crippen molar-refractivity contribution in [2.45, 2.75) is 40.0 Å². The van der Waals surface area contributed by atoms with Gasteiger partial charge in [-0.1, -0.05) is 20.8 Å². The molecule has 0 amide bonds. The first-order chi connectivity index (χ1) is 7.22. The van der Waals surface area contributed by atoms with Crippen LogP contribution in [0.15, 0.2) is 0 Å². The van der Waals surface area contributed by atoms with Crippen LogP contribution in [0.4, 0.5) is 0 Å². The molecule has 2 heteroatoms. The van der Waals surface area contributed by atoms with Gasteiger partial charge in [-0.2, -0.15) is 0 Å². The average molecular weight is 212 g/mol. The van der Waals surface area contributed by atoms with Crippen molar-refractivity contribution in [2.24, 2.45) is 11.8 Å². The minimum Gasteiger partial charge on any atom is -0.317 e. The van der Waals surface area contributed by atoms with Crippen LogP contribution in [0.25, 0.3) is 0 Å². The van der Waals surface area contributed by atoms with Gasteiger partial charge in [0.15, 0.2) is 0 Å². The van der Waals surface area contributed by atoms with E-state index in [0.29, 0.717) is 0 Å². The van der Waals surface area contributed by atoms with Crippen LogP contribution in [-0.4, -0.2) is 37.6 Å². The fraction of sp³-hybridized carbons (Fsp3) is 1.00. The Bertz CT molecular complexity index is 157. The lowest BCUT2D eigenvalue weighted by atomic mass is 9.94. The van der Waals surface area contributed by atoms with Gasteiger partial charge in [0.1, 0.15) is 0 Å². The van der Waals surface area contributed by atoms with Crippen molar-refractivity contribution in [3.8, 4) is 0 Å². The van der Waals surface area contributed by atoms with E-state index in [9.17, 15) is 0 Å². The summed E-state index contributed by atoms with van der Waals surface area (Å²) in [7, 11) is 0. The standard InChI is InChI=1S/C13H28N2/c1-4-14-8-7-13-6-5-9-15(11-13)10-12(2)3/h12-14H,4-11H2,1-3H3. The summed E-state index contributed by atoms with van der Waals surface area (Å²) in [5.41, 5.74) is 0. The maximum atomic E-state index is 3.43. The summed E-state index contributed by atoms with van der Waals surface area (Å²) < 4.78 is 0. The Balaban J connectivity index is 2.17. The highest BCUT2D eigenvalue weighted by Gasteiger charge is 2.19. The van der Waals surface area contributed by atoms with E-state index in [0.717, 1.165) is 18.4 Å². The molecule has 0 radical (unpaired) electrons. The summed E-state index contributed by atoms with van der Waals surface area (Å²) in [6.07, 6.45) is 4.21. The Morgan fingerprint density at radius 1 is 1.40 bits per heavy atom. The van der Waals surface area contributed by atoms with Crippen LogP contribution >= 0.6 is 0 Å². The second-order valence-corrected chi connectivity index (χ2v) is 5.30. The van der Waals surface area contributed by atoms with Crippen LogP contribution in [0.1, 0.15) is 40.0 Å². The van der Waals surface area contributed by atoms with Gasteiger partial charge in [-0.3, -0.25) is 0 Å². The van der Waals surface area contributed by atoms with Crippen LogP contribution < -0.4 is 5.32 Å². The van der Waals surface area contributed by atoms with Crippen molar-refractivity contribution in [3.05, 3.63) is 0 Å². The van der Waals surface area contributed by atoms with E-state index in [4.69, 9.17) is 0 Å². The van der Waals surface area contributed by atoms with Crippen LogP contribution in [0.5, 0.6) is 0 Å². The van der Waals surface area contributed by atoms with E-state index < -0.39 is 0 Å². The molecule has 1 N–H and O–H groups in total. The lowest BCUT2D eigenvalue weighted by Gasteiger charge is -2.33. The quantitative estimate of drug-likeness (QED) is 0.680. The Morgan fingerprint density at radius 2 is 2.20 bits per heavy atom. The first-order valence-corrected chi connectivity index (χ1v) is 6.65. The number of piperidine rings is 1. The summed E-state index contributed by atoms with van der Waals surface area (Å²) in [5, 5.41) is 3.43. The van der Waals surface area contributed by atoms with Crippen molar-refractivity contribution in [1.82, 2.24) is 10.2 Å². The molecule has 1 atom stereocenters. The lowest BCUT2D eigenvalue weighted by Crippen LogP contribution is -2.38. The van der Waals surface area contributed by atoms with E-state index in [1.54, 1.807) is 0 Å². The molecule has 0 aliphatic carbocycles. The molecule has 1 rings (SSSR count). The van der Waals surface area contributed by atoms with E-state index in [1.807, 2.05) is 0 Å². The molecule has 1 aliphatic rings. The minimum absolute atomic E-state index is 0.817. The molecule has 0 bridgehead atoms. The second-order valence-electron chi connectivity index (χ2n) is 5.30. The number of nitrogens with zero attached hydrogens (tertiary/aromatic N) is 1. The first kappa shape index (κ1) is 13.0. The zero-order valence-electron chi connectivity index (χ0n) is 10.8. The third-order valence-electron chi connectivity index (χ3n) is 3.21. The molecule has 1 aliphatic heterocycles. The van der Waals surface area contributed by atoms with Gasteiger partial charge < -0.3 is 10.2 Å². The first-order valence-electron chi connectivity index (χ1n) is 6.65. The monoisotopic (exact) mass is 212 g/mol. The van der Waals surface area contributed by atoms with Gasteiger partial charge in [0.25, 0.3) is 0 Å². The fourth-order valence-corrected chi connectivity index (χ4v) is 2.55. The highest BCUT2D eigenvalue weighted by atomic mass is 15.1. The zero-order valence-corrected chi connectivity index (χ0v) is 10.8. The molecule has 0 saturated carbocycles. The average Bonchev–Trinajstić information content (AvgIpc) is 2.18. The van der Waals surface area contributed by atoms with Crippen molar-refractivity contribution in [1.29, 1.82) is 0 Å². The molecule has 15 heavy (non-hydrogen) atoms. The molecule has 1 heterocycles. The third-order valence-corrected chi connectivity index (χ3v) is 3.21. The van der Waals surface area contributed by atoms with Crippen LogP contribution in [0, 0.1) is 11.8 Å². The predicted molar refractivity (Wildman–Crippen MR) is 67.2 cm³/mol. The predicted octanol–water partition coefficient (Wildman–Crippen LogP) is 2.35. The summed E-state index contributed by atoms with van der Waals surface area (Å²) in [4.78, 5) is 2.66. The molecule has 0 aromatic rings. The van der Waals surface area contributed by atoms with Gasteiger partial charge in [-0.25, -0.2) is 0 Å². The highest BCUT2D eigenvalue weighted by Crippen LogP contribution is 2.19. The summed E-state index contributed by atoms with van der Waals surface area (Å²) in [5.74, 6) is 1.76. The Hall–Kier alpha value is -0.0800. The third kappa shape index (κ3) is 5.53. The van der Waals surface area contributed by atoms with Gasteiger partial charge in [-0.15, -0.1) is 0 Å². The van der Waals surface area contributed by atoms with Crippen LogP contribution in [0.2, 0.25) is 0 Å². The molecular weight excluding hydrogens is 184 g/mol. The molecule has 1 fully saturated rings. The highest BCUT2D eigenvalue weighted by molar-refractivity contribution is 4.74. The lowest BCUT2D eigenvalue weighted by molar-refractivity contribution is 0.153. The van der Waals surface area contributed by atoms with E-state index in [2.05, 4.69) is 31.0 Å². The van der Waals surface area contributed by atoms with Crippen LogP contribution in [0.3, 0.4) is 0 Å². The number of nitrogens with one attached hydrogen (secondary N) is 1. The molecule has 0 spiro atoms. The molecule has 0 aromatic heterocycles. The topological polar surface area (TPSA) is 15.3 Å². The van der Waals surface area contributed by atoms with Gasteiger partial charge in [0.05, 0.1) is 0 Å². The van der Waals surface area contributed by atoms with Gasteiger partial charge >= 0.3 is 0 Å². The molecule has 1 saturated heterocycles. The summed E-state index contributed by atoms with van der Waals surface area (Å²) in [6.45, 7) is 13.1. The Kier molecular flexibility index (Phi) is 6.26. The van der Waals surface area contributed by atoms with E-state index in [1.165, 1.54) is 45.4 Å². The molecule has 0 aromatic carbocycles. The normalized spacial score (nSPS) is 23.6.